The molecule has 1 saturated carbocycles. The number of alkyl halides is 1. The first-order valence-corrected chi connectivity index (χ1v) is 12.5. The molecule has 2 aliphatic rings. The van der Waals surface area contributed by atoms with Crippen molar-refractivity contribution >= 4 is 44.0 Å². The third-order valence-corrected chi connectivity index (χ3v) is 7.99. The molecule has 1 atom stereocenters. The number of halogens is 1. The van der Waals surface area contributed by atoms with Crippen LogP contribution in [0.2, 0.25) is 0 Å². The number of nitrogens with one attached hydrogen (secondary N) is 1. The summed E-state index contributed by atoms with van der Waals surface area (Å²) >= 11 is 6.74. The number of methoxy groups -OCH3 is 1. The van der Waals surface area contributed by atoms with Crippen molar-refractivity contribution in [3.8, 4) is 0 Å². The van der Waals surface area contributed by atoms with Crippen LogP contribution in [0.25, 0.3) is 16.6 Å². The van der Waals surface area contributed by atoms with Gasteiger partial charge in [-0.05, 0) is 54.7 Å². The smallest absolute Gasteiger partial charge is 0.263 e. The molecule has 8 nitrogen and oxygen atoms in total. The molecule has 1 N–H and O–H groups in total. The number of nitrogens with zero attached hydrogens (tertiary/aromatic N) is 2. The number of ether oxygens (including phenoxy) is 1. The SMILES string of the molecule is COC1=C(n2c(=O)ccc3cc(S(=O)(=O)Nc4ccon4)ccc32)C[C@@H](Cl)C(C2CCC2)=C1. The Morgan fingerprint density at radius 2 is 2.03 bits per heavy atom. The van der Waals surface area contributed by atoms with Crippen molar-refractivity contribution in [2.45, 2.75) is 36.0 Å². The number of rotatable bonds is 6. The molecule has 0 aliphatic heterocycles. The lowest BCUT2D eigenvalue weighted by atomic mass is 9.76. The molecule has 172 valence electrons. The van der Waals surface area contributed by atoms with Crippen LogP contribution in [0.5, 0.6) is 0 Å². The van der Waals surface area contributed by atoms with Crippen molar-refractivity contribution < 1.29 is 17.7 Å². The van der Waals surface area contributed by atoms with Crippen LogP contribution >= 0.6 is 11.6 Å². The molecule has 0 amide bonds. The molecular formula is C23H22ClN3O5S. The standard InChI is InChI=1S/C23H22ClN3O5S/c1-31-21-12-17(14-3-2-4-14)18(24)13-20(21)27-19-7-6-16(11-15(19)5-8-23(27)28)33(29,30)26-22-9-10-32-25-22/h5-12,14,18H,2-4,13H2,1H3,(H,25,26)/t18-/m1/s1. The molecular weight excluding hydrogens is 466 g/mol. The summed E-state index contributed by atoms with van der Waals surface area (Å²) in [5.74, 6) is 1.15. The highest BCUT2D eigenvalue weighted by atomic mass is 35.5. The van der Waals surface area contributed by atoms with Crippen LogP contribution in [0.3, 0.4) is 0 Å². The third-order valence-electron chi connectivity index (χ3n) is 6.24. The number of fused-ring (bicyclic) bond motifs is 1. The second kappa shape index (κ2) is 8.39. The quantitative estimate of drug-likeness (QED) is 0.518. The van der Waals surface area contributed by atoms with Crippen LogP contribution in [0.15, 0.2) is 74.3 Å². The molecule has 1 fully saturated rings. The van der Waals surface area contributed by atoms with Gasteiger partial charge in [0.2, 0.25) is 0 Å². The Labute approximate surface area is 195 Å². The Hall–Kier alpha value is -3.04. The van der Waals surface area contributed by atoms with E-state index in [9.17, 15) is 13.2 Å². The van der Waals surface area contributed by atoms with E-state index < -0.39 is 10.0 Å². The minimum Gasteiger partial charge on any atom is -0.495 e. The average Bonchev–Trinajstić information content (AvgIpc) is 3.25. The van der Waals surface area contributed by atoms with Gasteiger partial charge in [-0.15, -0.1) is 11.6 Å². The molecule has 10 heteroatoms. The van der Waals surface area contributed by atoms with Gasteiger partial charge in [-0.2, -0.15) is 0 Å². The van der Waals surface area contributed by atoms with Crippen LogP contribution in [-0.2, 0) is 14.8 Å². The van der Waals surface area contributed by atoms with Gasteiger partial charge >= 0.3 is 0 Å². The van der Waals surface area contributed by atoms with E-state index in [1.165, 1.54) is 36.9 Å². The summed E-state index contributed by atoms with van der Waals surface area (Å²) in [6.07, 6.45) is 7.12. The Morgan fingerprint density at radius 3 is 2.70 bits per heavy atom. The summed E-state index contributed by atoms with van der Waals surface area (Å²) in [6.45, 7) is 0. The predicted octanol–water partition coefficient (Wildman–Crippen LogP) is 4.34. The lowest BCUT2D eigenvalue weighted by Crippen LogP contribution is -2.28. The number of allylic oxidation sites excluding steroid dienone is 3. The first-order valence-electron chi connectivity index (χ1n) is 10.6. The van der Waals surface area contributed by atoms with E-state index in [2.05, 4.69) is 14.4 Å². The van der Waals surface area contributed by atoms with Crippen LogP contribution < -0.4 is 10.3 Å². The van der Waals surface area contributed by atoms with Gasteiger partial charge in [0.05, 0.1) is 28.6 Å². The fraction of sp³-hybridized carbons (Fsp3) is 0.304. The summed E-state index contributed by atoms with van der Waals surface area (Å²) in [6, 6.07) is 9.00. The van der Waals surface area contributed by atoms with Crippen molar-refractivity contribution in [2.75, 3.05) is 11.8 Å². The lowest BCUT2D eigenvalue weighted by molar-refractivity contribution is 0.297. The van der Waals surface area contributed by atoms with Gasteiger partial charge < -0.3 is 9.26 Å². The predicted molar refractivity (Wildman–Crippen MR) is 125 cm³/mol. The lowest BCUT2D eigenvalue weighted by Gasteiger charge is -2.34. The summed E-state index contributed by atoms with van der Waals surface area (Å²) in [5, 5.41) is 3.94. The molecule has 1 aromatic carbocycles. The minimum absolute atomic E-state index is 0.0372. The Morgan fingerprint density at radius 1 is 1.21 bits per heavy atom. The van der Waals surface area contributed by atoms with Crippen molar-refractivity contribution in [2.24, 2.45) is 5.92 Å². The summed E-state index contributed by atoms with van der Waals surface area (Å²) in [7, 11) is -2.31. The number of hydrogen-bond acceptors (Lipinski definition) is 6. The maximum Gasteiger partial charge on any atom is 0.263 e. The zero-order valence-corrected chi connectivity index (χ0v) is 19.4. The maximum absolute atomic E-state index is 12.9. The van der Waals surface area contributed by atoms with E-state index in [-0.39, 0.29) is 21.6 Å². The van der Waals surface area contributed by atoms with E-state index in [4.69, 9.17) is 16.3 Å². The first-order chi connectivity index (χ1) is 15.9. The van der Waals surface area contributed by atoms with Gasteiger partial charge in [0, 0.05) is 23.9 Å². The van der Waals surface area contributed by atoms with Gasteiger partial charge in [-0.1, -0.05) is 11.6 Å². The Bertz CT molecular complexity index is 1440. The second-order valence-corrected chi connectivity index (χ2v) is 10.4. The monoisotopic (exact) mass is 487 g/mol. The molecule has 2 aliphatic carbocycles. The highest BCUT2D eigenvalue weighted by Crippen LogP contribution is 2.42. The first kappa shape index (κ1) is 21.8. The topological polar surface area (TPSA) is 103 Å². The van der Waals surface area contributed by atoms with E-state index in [0.717, 1.165) is 18.4 Å². The molecule has 5 rings (SSSR count). The van der Waals surface area contributed by atoms with E-state index in [1.54, 1.807) is 23.8 Å². The summed E-state index contributed by atoms with van der Waals surface area (Å²) in [5.41, 5.74) is 2.14. The largest absolute Gasteiger partial charge is 0.495 e. The van der Waals surface area contributed by atoms with E-state index >= 15 is 0 Å². The molecule has 2 heterocycles. The van der Waals surface area contributed by atoms with Gasteiger partial charge in [0.25, 0.3) is 15.6 Å². The number of sulfonamides is 1. The molecule has 0 bridgehead atoms. The zero-order chi connectivity index (χ0) is 23.2. The number of anilines is 1. The molecule has 2 aromatic heterocycles. The van der Waals surface area contributed by atoms with Crippen molar-refractivity contribution in [1.29, 1.82) is 0 Å². The second-order valence-electron chi connectivity index (χ2n) is 8.18. The Kier molecular flexibility index (Phi) is 5.54. The normalized spacial score (nSPS) is 19.3. The van der Waals surface area contributed by atoms with Crippen molar-refractivity contribution in [3.05, 3.63) is 70.4 Å². The molecule has 0 unspecified atom stereocenters. The van der Waals surface area contributed by atoms with Gasteiger partial charge in [0.1, 0.15) is 12.0 Å². The summed E-state index contributed by atoms with van der Waals surface area (Å²) in [4.78, 5) is 13.0. The molecule has 0 radical (unpaired) electrons. The highest BCUT2D eigenvalue weighted by molar-refractivity contribution is 7.92. The number of benzene rings is 1. The summed E-state index contributed by atoms with van der Waals surface area (Å²) < 4.78 is 39.8. The fourth-order valence-corrected chi connectivity index (χ4v) is 5.75. The number of aromatic nitrogens is 2. The maximum atomic E-state index is 12.9. The zero-order valence-electron chi connectivity index (χ0n) is 17.8. The van der Waals surface area contributed by atoms with E-state index in [1.807, 2.05) is 6.08 Å². The fourth-order valence-electron chi connectivity index (χ4n) is 4.34. The average molecular weight is 488 g/mol. The highest BCUT2D eigenvalue weighted by Gasteiger charge is 2.32. The van der Waals surface area contributed by atoms with Crippen LogP contribution in [0.4, 0.5) is 5.82 Å². The van der Waals surface area contributed by atoms with E-state index in [0.29, 0.717) is 34.7 Å². The third kappa shape index (κ3) is 3.95. The van der Waals surface area contributed by atoms with Crippen molar-refractivity contribution in [3.63, 3.8) is 0 Å². The van der Waals surface area contributed by atoms with Crippen LogP contribution in [0.1, 0.15) is 25.7 Å². The molecule has 33 heavy (non-hydrogen) atoms. The Balaban J connectivity index is 1.60. The van der Waals surface area contributed by atoms with Gasteiger partial charge in [-0.25, -0.2) is 8.42 Å². The van der Waals surface area contributed by atoms with Crippen molar-refractivity contribution in [1.82, 2.24) is 9.72 Å². The molecule has 0 saturated heterocycles. The molecule has 0 spiro atoms. The molecule has 3 aromatic rings. The van der Waals surface area contributed by atoms with Crippen LogP contribution in [-0.4, -0.2) is 30.6 Å². The number of pyridine rings is 1. The number of hydrogen-bond donors (Lipinski definition) is 1. The van der Waals surface area contributed by atoms with Crippen LogP contribution in [0, 0.1) is 5.92 Å². The van der Waals surface area contributed by atoms with Gasteiger partial charge in [0.15, 0.2) is 5.82 Å². The minimum atomic E-state index is -3.89. The van der Waals surface area contributed by atoms with Gasteiger partial charge in [-0.3, -0.25) is 14.1 Å².